The smallest absolute Gasteiger partial charge is 0.282 e. The predicted molar refractivity (Wildman–Crippen MR) is 45.9 cm³/mol. The quantitative estimate of drug-likeness (QED) is 0.554. The molecule has 1 rings (SSSR count). The molecule has 1 unspecified atom stereocenters. The molecule has 1 aromatic carbocycles. The maximum atomic E-state index is 10.4. The Morgan fingerprint density at radius 2 is 1.73 bits per heavy atom. The fourth-order valence-electron chi connectivity index (χ4n) is 0.655. The summed E-state index contributed by atoms with van der Waals surface area (Å²) in [5, 5.41) is 0.620. The van der Waals surface area contributed by atoms with Crippen LogP contribution in [0.5, 0.6) is 0 Å². The monoisotopic (exact) mass is 190 g/mol. The van der Waals surface area contributed by atoms with Crippen molar-refractivity contribution in [3.05, 3.63) is 30.3 Å². The fourth-order valence-corrected chi connectivity index (χ4v) is 2.58. The molecule has 5 heteroatoms. The van der Waals surface area contributed by atoms with E-state index in [1.807, 2.05) is 0 Å². The Bertz CT molecular complexity index is 319. The molecule has 0 aliphatic carbocycles. The highest BCUT2D eigenvalue weighted by atomic mass is 32.8. The molecule has 1 atom stereocenters. The second-order valence-corrected chi connectivity index (χ2v) is 5.83. The van der Waals surface area contributed by atoms with Crippen LogP contribution in [0.3, 0.4) is 0 Å². The lowest BCUT2D eigenvalue weighted by molar-refractivity contribution is 0.502. The lowest BCUT2D eigenvalue weighted by Crippen LogP contribution is -1.98. The number of hydrogen-bond donors (Lipinski definition) is 1. The maximum absolute atomic E-state index is 10.4. The molecule has 0 amide bonds. The van der Waals surface area contributed by atoms with Crippen molar-refractivity contribution in [3.63, 3.8) is 0 Å². The molecule has 60 valence electrons. The Hall–Kier alpha value is -0.440. The Morgan fingerprint density at radius 1 is 1.18 bits per heavy atom. The van der Waals surface area contributed by atoms with E-state index in [2.05, 4.69) is 0 Å². The second-order valence-electron chi connectivity index (χ2n) is 1.94. The van der Waals surface area contributed by atoms with Crippen molar-refractivity contribution in [1.29, 1.82) is 0 Å². The molecule has 0 aliphatic rings. The van der Waals surface area contributed by atoms with Crippen molar-refractivity contribution < 1.29 is 13.0 Å². The van der Waals surface area contributed by atoms with Gasteiger partial charge in [-0.15, -0.1) is 0 Å². The fraction of sp³-hybridized carbons (Fsp3) is 0. The summed E-state index contributed by atoms with van der Waals surface area (Å²) in [6, 6.07) is 8.57. The van der Waals surface area contributed by atoms with Crippen molar-refractivity contribution in [3.8, 4) is 0 Å². The summed E-state index contributed by atoms with van der Waals surface area (Å²) in [5.74, 6) is 0. The molecular weight excluding hydrogens is 183 g/mol. The van der Waals surface area contributed by atoms with E-state index in [4.69, 9.17) is 4.55 Å². The first-order valence-electron chi connectivity index (χ1n) is 2.88. The summed E-state index contributed by atoms with van der Waals surface area (Å²) in [6.07, 6.45) is 0. The van der Waals surface area contributed by atoms with Gasteiger partial charge in [0, 0.05) is 0 Å². The molecule has 0 bridgehead atoms. The molecule has 0 saturated carbocycles. The zero-order valence-corrected chi connectivity index (χ0v) is 7.38. The van der Waals surface area contributed by atoms with Gasteiger partial charge in [0.25, 0.3) is 9.74 Å². The molecule has 0 radical (unpaired) electrons. The van der Waals surface area contributed by atoms with Gasteiger partial charge >= 0.3 is 0 Å². The van der Waals surface area contributed by atoms with E-state index in [-0.39, 0.29) is 0 Å². The minimum atomic E-state index is -3.85. The van der Waals surface area contributed by atoms with Crippen molar-refractivity contribution in [1.82, 2.24) is 0 Å². The largest absolute Gasteiger partial charge is 0.283 e. The Kier molecular flexibility index (Phi) is 2.60. The van der Waals surface area contributed by atoms with E-state index in [1.165, 1.54) is 0 Å². The SMILES string of the molecule is O=S(=O)(O)Pc1ccccc1. The van der Waals surface area contributed by atoms with E-state index < -0.39 is 17.5 Å². The van der Waals surface area contributed by atoms with Crippen LogP contribution in [0.4, 0.5) is 0 Å². The van der Waals surface area contributed by atoms with Gasteiger partial charge < -0.3 is 0 Å². The van der Waals surface area contributed by atoms with Gasteiger partial charge in [0.1, 0.15) is 0 Å². The molecule has 0 fully saturated rings. The summed E-state index contributed by atoms with van der Waals surface area (Å²) in [6.45, 7) is 0. The van der Waals surface area contributed by atoms with Gasteiger partial charge in [-0.2, -0.15) is 8.42 Å². The third kappa shape index (κ3) is 3.46. The standard InChI is InChI=1S/C6H7O3PS/c7-11(8,9)10-6-4-2-1-3-5-6/h1-5,10H,(H,7,8,9). The molecule has 1 aromatic rings. The minimum Gasteiger partial charge on any atom is -0.283 e. The normalized spacial score (nSPS) is 12.5. The van der Waals surface area contributed by atoms with E-state index in [9.17, 15) is 8.42 Å². The van der Waals surface area contributed by atoms with Crippen LogP contribution in [0.2, 0.25) is 0 Å². The van der Waals surface area contributed by atoms with Gasteiger partial charge in [-0.3, -0.25) is 4.55 Å². The molecule has 0 saturated heterocycles. The van der Waals surface area contributed by atoms with E-state index >= 15 is 0 Å². The van der Waals surface area contributed by atoms with Crippen LogP contribution in [0, 0.1) is 0 Å². The predicted octanol–water partition coefficient (Wildman–Crippen LogP) is 0.793. The van der Waals surface area contributed by atoms with Gasteiger partial charge in [-0.1, -0.05) is 30.3 Å². The van der Waals surface area contributed by atoms with Crippen LogP contribution in [-0.4, -0.2) is 13.0 Å². The van der Waals surface area contributed by atoms with Crippen molar-refractivity contribution in [2.75, 3.05) is 0 Å². The summed E-state index contributed by atoms with van der Waals surface area (Å²) in [4.78, 5) is 0. The molecule has 1 N–H and O–H groups in total. The average molecular weight is 190 g/mol. The van der Waals surface area contributed by atoms with Crippen LogP contribution in [0.15, 0.2) is 30.3 Å². The highest BCUT2D eigenvalue weighted by Gasteiger charge is 2.04. The minimum absolute atomic E-state index is 0.558. The third-order valence-electron chi connectivity index (χ3n) is 1.02. The van der Waals surface area contributed by atoms with Gasteiger partial charge in [-0.05, 0) is 5.30 Å². The van der Waals surface area contributed by atoms with Crippen molar-refractivity contribution in [2.45, 2.75) is 0 Å². The summed E-state index contributed by atoms with van der Waals surface area (Å²) >= 11 is 0. The highest BCUT2D eigenvalue weighted by Crippen LogP contribution is 2.16. The van der Waals surface area contributed by atoms with Gasteiger partial charge in [0.15, 0.2) is 0 Å². The topological polar surface area (TPSA) is 54.4 Å². The molecule has 0 aliphatic heterocycles. The van der Waals surface area contributed by atoms with Crippen LogP contribution in [0.1, 0.15) is 0 Å². The van der Waals surface area contributed by atoms with Crippen LogP contribution in [0.25, 0.3) is 0 Å². The molecule has 0 aromatic heterocycles. The summed E-state index contributed by atoms with van der Waals surface area (Å²) < 4.78 is 29.2. The van der Waals surface area contributed by atoms with Crippen molar-refractivity contribution >= 4 is 22.8 Å². The Balaban J connectivity index is 2.82. The molecule has 0 heterocycles. The second kappa shape index (κ2) is 3.30. The molecular formula is C6H7O3PS. The zero-order chi connectivity index (χ0) is 8.32. The summed E-state index contributed by atoms with van der Waals surface area (Å²) in [7, 11) is -4.41. The first-order chi connectivity index (χ1) is 5.08. The van der Waals surface area contributed by atoms with E-state index in [1.54, 1.807) is 30.3 Å². The third-order valence-corrected chi connectivity index (χ3v) is 3.33. The van der Waals surface area contributed by atoms with Crippen LogP contribution in [-0.2, 0) is 9.74 Å². The van der Waals surface area contributed by atoms with Crippen molar-refractivity contribution in [2.24, 2.45) is 0 Å². The zero-order valence-electron chi connectivity index (χ0n) is 5.56. The first-order valence-corrected chi connectivity index (χ1v) is 6.05. The Labute approximate surface area is 66.7 Å². The molecule has 0 spiro atoms. The number of benzene rings is 1. The lowest BCUT2D eigenvalue weighted by atomic mass is 10.4. The molecule has 3 nitrogen and oxygen atoms in total. The summed E-state index contributed by atoms with van der Waals surface area (Å²) in [5.41, 5.74) is 0. The maximum Gasteiger partial charge on any atom is 0.282 e. The lowest BCUT2D eigenvalue weighted by Gasteiger charge is -1.95. The van der Waals surface area contributed by atoms with Gasteiger partial charge in [0.2, 0.25) is 0 Å². The highest BCUT2D eigenvalue weighted by molar-refractivity contribution is 8.42. The number of rotatable bonds is 2. The van der Waals surface area contributed by atoms with Crippen LogP contribution < -0.4 is 5.30 Å². The molecule has 11 heavy (non-hydrogen) atoms. The van der Waals surface area contributed by atoms with Gasteiger partial charge in [-0.25, -0.2) is 0 Å². The number of hydrogen-bond acceptors (Lipinski definition) is 2. The van der Waals surface area contributed by atoms with E-state index in [0.29, 0.717) is 5.30 Å². The van der Waals surface area contributed by atoms with E-state index in [0.717, 1.165) is 0 Å². The average Bonchev–Trinajstić information content (AvgIpc) is 1.85. The van der Waals surface area contributed by atoms with Gasteiger partial charge in [0.05, 0.1) is 7.78 Å². The first kappa shape index (κ1) is 8.65. The Morgan fingerprint density at radius 3 is 2.18 bits per heavy atom. The van der Waals surface area contributed by atoms with Crippen LogP contribution >= 0.6 is 7.78 Å².